The third-order valence-corrected chi connectivity index (χ3v) is 7.46. The number of benzene rings is 4. The molecule has 0 aliphatic heterocycles. The summed E-state index contributed by atoms with van der Waals surface area (Å²) < 4.78 is 33.0. The van der Waals surface area contributed by atoms with Gasteiger partial charge in [-0.2, -0.15) is 4.72 Å². The van der Waals surface area contributed by atoms with Crippen LogP contribution in [-0.2, 0) is 26.0 Å². The molecule has 9 heteroatoms. The summed E-state index contributed by atoms with van der Waals surface area (Å²) in [6.45, 7) is -0.209. The van der Waals surface area contributed by atoms with Crippen LogP contribution in [0.5, 0.6) is 0 Å². The minimum Gasteiger partial charge on any atom is -0.468 e. The molecule has 0 saturated heterocycles. The zero-order chi connectivity index (χ0) is 27.1. The zero-order valence-corrected chi connectivity index (χ0v) is 21.4. The molecule has 1 amide bonds. The molecule has 38 heavy (non-hydrogen) atoms. The highest BCUT2D eigenvalue weighted by Gasteiger charge is 2.27. The summed E-state index contributed by atoms with van der Waals surface area (Å²) in [6.07, 6.45) is 0.110. The van der Waals surface area contributed by atoms with Crippen molar-refractivity contribution < 1.29 is 27.5 Å². The number of fused-ring (bicyclic) bond motifs is 1. The van der Waals surface area contributed by atoms with Crippen LogP contribution in [0.1, 0.15) is 26.3 Å². The van der Waals surface area contributed by atoms with Crippen molar-refractivity contribution in [1.82, 2.24) is 10.0 Å². The Bertz CT molecular complexity index is 1570. The number of ketones is 1. The predicted octanol–water partition coefficient (Wildman–Crippen LogP) is 3.52. The number of methoxy groups -OCH3 is 1. The molecule has 4 rings (SSSR count). The minimum absolute atomic E-state index is 0.110. The molecular formula is C29H26N2O6S. The monoisotopic (exact) mass is 530 g/mol. The van der Waals surface area contributed by atoms with Crippen LogP contribution in [0.15, 0.2) is 102 Å². The summed E-state index contributed by atoms with van der Waals surface area (Å²) in [5.74, 6) is -1.49. The van der Waals surface area contributed by atoms with Crippen LogP contribution < -0.4 is 10.0 Å². The number of carbonyl (C=O) groups is 3. The van der Waals surface area contributed by atoms with E-state index in [4.69, 9.17) is 4.74 Å². The molecule has 8 nitrogen and oxygen atoms in total. The van der Waals surface area contributed by atoms with E-state index in [9.17, 15) is 22.8 Å². The maximum atomic E-state index is 12.9. The van der Waals surface area contributed by atoms with Gasteiger partial charge in [-0.3, -0.25) is 14.4 Å². The molecule has 1 atom stereocenters. The van der Waals surface area contributed by atoms with E-state index in [0.29, 0.717) is 5.56 Å². The number of carbonyl (C=O) groups excluding carboxylic acids is 3. The Kier molecular flexibility index (Phi) is 8.30. The van der Waals surface area contributed by atoms with Crippen molar-refractivity contribution >= 4 is 38.5 Å². The van der Waals surface area contributed by atoms with Gasteiger partial charge in [0, 0.05) is 11.1 Å². The fraction of sp³-hybridized carbons (Fsp3) is 0.138. The van der Waals surface area contributed by atoms with Gasteiger partial charge in [0.05, 0.1) is 18.6 Å². The first-order chi connectivity index (χ1) is 18.3. The van der Waals surface area contributed by atoms with E-state index in [1.165, 1.54) is 31.4 Å². The summed E-state index contributed by atoms with van der Waals surface area (Å²) in [6, 6.07) is 26.0. The summed E-state index contributed by atoms with van der Waals surface area (Å²) in [4.78, 5) is 37.3. The lowest BCUT2D eigenvalue weighted by atomic mass is 10.0. The molecule has 194 valence electrons. The number of Topliss-reactive ketones (excluding diaryl/α,β-unsaturated/α-hetero) is 1. The molecule has 0 aliphatic rings. The average molecular weight is 531 g/mol. The number of ether oxygens (including phenoxy) is 1. The van der Waals surface area contributed by atoms with Crippen molar-refractivity contribution in [2.45, 2.75) is 17.4 Å². The van der Waals surface area contributed by atoms with Gasteiger partial charge in [0.15, 0.2) is 5.78 Å². The van der Waals surface area contributed by atoms with E-state index in [1.807, 2.05) is 36.4 Å². The van der Waals surface area contributed by atoms with Gasteiger partial charge in [-0.25, -0.2) is 8.42 Å². The average Bonchev–Trinajstić information content (AvgIpc) is 2.95. The largest absolute Gasteiger partial charge is 0.468 e. The van der Waals surface area contributed by atoms with Crippen LogP contribution in [-0.4, -0.2) is 45.8 Å². The molecule has 0 saturated carbocycles. The molecule has 0 radical (unpaired) electrons. The smallest absolute Gasteiger partial charge is 0.324 e. The Morgan fingerprint density at radius 3 is 2.11 bits per heavy atom. The molecule has 0 bridgehead atoms. The van der Waals surface area contributed by atoms with E-state index in [2.05, 4.69) is 10.0 Å². The molecule has 0 heterocycles. The SMILES string of the molecule is COC(=O)[C@@H](Cc1ccccc1)NS(=O)(=O)c1ccc(C(=O)NCC(=O)c2ccc3ccccc3c2)cc1. The number of rotatable bonds is 10. The molecule has 0 spiro atoms. The number of hydrogen-bond donors (Lipinski definition) is 2. The van der Waals surface area contributed by atoms with Crippen LogP contribution in [0.4, 0.5) is 0 Å². The molecule has 0 unspecified atom stereocenters. The van der Waals surface area contributed by atoms with Gasteiger partial charge in [0.2, 0.25) is 10.0 Å². The summed E-state index contributed by atoms with van der Waals surface area (Å²) in [7, 11) is -2.91. The van der Waals surface area contributed by atoms with E-state index in [1.54, 1.807) is 36.4 Å². The third-order valence-electron chi connectivity index (χ3n) is 5.97. The van der Waals surface area contributed by atoms with Crippen molar-refractivity contribution in [2.24, 2.45) is 0 Å². The van der Waals surface area contributed by atoms with E-state index < -0.39 is 27.9 Å². The van der Waals surface area contributed by atoms with Crippen LogP contribution in [0.3, 0.4) is 0 Å². The third kappa shape index (κ3) is 6.50. The minimum atomic E-state index is -4.09. The molecule has 4 aromatic carbocycles. The first-order valence-corrected chi connectivity index (χ1v) is 13.3. The zero-order valence-electron chi connectivity index (χ0n) is 20.6. The fourth-order valence-corrected chi connectivity index (χ4v) is 5.12. The van der Waals surface area contributed by atoms with Crippen LogP contribution in [0.2, 0.25) is 0 Å². The van der Waals surface area contributed by atoms with Gasteiger partial charge in [0.25, 0.3) is 5.91 Å². The number of nitrogens with one attached hydrogen (secondary N) is 2. The normalized spacial score (nSPS) is 12.0. The maximum Gasteiger partial charge on any atom is 0.324 e. The summed E-state index contributed by atoms with van der Waals surface area (Å²) in [5, 5.41) is 4.50. The van der Waals surface area contributed by atoms with Gasteiger partial charge in [-0.1, -0.05) is 66.7 Å². The van der Waals surface area contributed by atoms with Gasteiger partial charge < -0.3 is 10.1 Å². The van der Waals surface area contributed by atoms with Crippen LogP contribution >= 0.6 is 0 Å². The Hall–Kier alpha value is -4.34. The first-order valence-electron chi connectivity index (χ1n) is 11.8. The number of sulfonamides is 1. The summed E-state index contributed by atoms with van der Waals surface area (Å²) >= 11 is 0. The van der Waals surface area contributed by atoms with Gasteiger partial charge >= 0.3 is 5.97 Å². The maximum absolute atomic E-state index is 12.9. The van der Waals surface area contributed by atoms with Crippen LogP contribution in [0, 0.1) is 0 Å². The fourth-order valence-electron chi connectivity index (χ4n) is 3.93. The highest BCUT2D eigenvalue weighted by atomic mass is 32.2. The lowest BCUT2D eigenvalue weighted by Crippen LogP contribution is -2.43. The van der Waals surface area contributed by atoms with Gasteiger partial charge in [-0.05, 0) is 53.1 Å². The molecule has 0 aliphatic carbocycles. The van der Waals surface area contributed by atoms with Crippen molar-refractivity contribution in [2.75, 3.05) is 13.7 Å². The second kappa shape index (κ2) is 11.8. The number of esters is 1. The molecule has 0 fully saturated rings. The Morgan fingerprint density at radius 2 is 1.42 bits per heavy atom. The number of hydrogen-bond acceptors (Lipinski definition) is 6. The Labute approximate surface area is 220 Å². The molecular weight excluding hydrogens is 504 g/mol. The standard InChI is InChI=1S/C29H26N2O6S/c1-37-29(34)26(17-20-7-3-2-4-8-20)31-38(35,36)25-15-13-22(14-16-25)28(33)30-19-27(32)24-12-11-21-9-5-6-10-23(21)18-24/h2-16,18,26,31H,17,19H2,1H3,(H,30,33)/t26-/m1/s1. The second-order valence-corrected chi connectivity index (χ2v) is 10.3. The molecule has 2 N–H and O–H groups in total. The lowest BCUT2D eigenvalue weighted by Gasteiger charge is -2.17. The van der Waals surface area contributed by atoms with Gasteiger partial charge in [0.1, 0.15) is 6.04 Å². The Balaban J connectivity index is 1.39. The Morgan fingerprint density at radius 1 is 0.789 bits per heavy atom. The number of amides is 1. The van der Waals surface area contributed by atoms with Crippen LogP contribution in [0.25, 0.3) is 10.8 Å². The van der Waals surface area contributed by atoms with Gasteiger partial charge in [-0.15, -0.1) is 0 Å². The van der Waals surface area contributed by atoms with Crippen molar-refractivity contribution in [3.63, 3.8) is 0 Å². The first kappa shape index (κ1) is 26.7. The lowest BCUT2D eigenvalue weighted by molar-refractivity contribution is -0.142. The quantitative estimate of drug-likeness (QED) is 0.239. The highest BCUT2D eigenvalue weighted by Crippen LogP contribution is 2.16. The molecule has 4 aromatic rings. The van der Waals surface area contributed by atoms with E-state index >= 15 is 0 Å². The highest BCUT2D eigenvalue weighted by molar-refractivity contribution is 7.89. The van der Waals surface area contributed by atoms with E-state index in [0.717, 1.165) is 16.3 Å². The van der Waals surface area contributed by atoms with Crippen molar-refractivity contribution in [3.8, 4) is 0 Å². The predicted molar refractivity (Wildman–Crippen MR) is 143 cm³/mol. The van der Waals surface area contributed by atoms with Crippen molar-refractivity contribution in [3.05, 3.63) is 114 Å². The van der Waals surface area contributed by atoms with Crippen molar-refractivity contribution in [1.29, 1.82) is 0 Å². The van der Waals surface area contributed by atoms with E-state index in [-0.39, 0.29) is 29.2 Å². The topological polar surface area (TPSA) is 119 Å². The second-order valence-electron chi connectivity index (χ2n) is 8.58. The summed E-state index contributed by atoms with van der Waals surface area (Å²) in [5.41, 5.74) is 1.42. The molecule has 0 aromatic heterocycles.